The Kier molecular flexibility index (Phi) is 4.41. The van der Waals surface area contributed by atoms with Crippen LogP contribution in [0.15, 0.2) is 12.4 Å². The highest BCUT2D eigenvalue weighted by atomic mass is 79.9. The second-order valence-corrected chi connectivity index (χ2v) is 5.48. The fourth-order valence-corrected chi connectivity index (χ4v) is 2.93. The zero-order valence-electron chi connectivity index (χ0n) is 9.90. The lowest BCUT2D eigenvalue weighted by Crippen LogP contribution is -2.34. The quantitative estimate of drug-likeness (QED) is 0.776. The van der Waals surface area contributed by atoms with E-state index in [9.17, 15) is 0 Å². The minimum Gasteiger partial charge on any atom is -0.333 e. The Morgan fingerprint density at radius 2 is 2.31 bits per heavy atom. The molecule has 0 N–H and O–H groups in total. The van der Waals surface area contributed by atoms with Gasteiger partial charge in [-0.3, -0.25) is 4.90 Å². The van der Waals surface area contributed by atoms with Crippen LogP contribution in [0, 0.1) is 5.92 Å². The first-order chi connectivity index (χ1) is 7.79. The molecule has 1 atom stereocenters. The molecule has 0 spiro atoms. The molecule has 0 aliphatic carbocycles. The fourth-order valence-electron chi connectivity index (χ4n) is 2.15. The molecule has 3 nitrogen and oxygen atoms in total. The molecule has 1 aromatic heterocycles. The van der Waals surface area contributed by atoms with Gasteiger partial charge in [-0.25, -0.2) is 4.98 Å². The van der Waals surface area contributed by atoms with E-state index in [1.165, 1.54) is 31.8 Å². The van der Waals surface area contributed by atoms with Crippen molar-refractivity contribution in [2.75, 3.05) is 18.4 Å². The predicted molar refractivity (Wildman–Crippen MR) is 69.7 cm³/mol. The molecule has 1 aliphatic rings. The minimum absolute atomic E-state index is 0.820. The van der Waals surface area contributed by atoms with Gasteiger partial charge in [-0.1, -0.05) is 22.9 Å². The van der Waals surface area contributed by atoms with E-state index in [1.807, 2.05) is 6.20 Å². The highest BCUT2D eigenvalue weighted by molar-refractivity contribution is 9.09. The summed E-state index contributed by atoms with van der Waals surface area (Å²) in [6.45, 7) is 6.84. The van der Waals surface area contributed by atoms with Crippen LogP contribution < -0.4 is 0 Å². The summed E-state index contributed by atoms with van der Waals surface area (Å²) in [5.74, 6) is 2.04. The van der Waals surface area contributed by atoms with Crippen molar-refractivity contribution < 1.29 is 0 Å². The first kappa shape index (κ1) is 12.1. The van der Waals surface area contributed by atoms with Gasteiger partial charge in [0.2, 0.25) is 0 Å². The number of fused-ring (bicyclic) bond motifs is 1. The largest absolute Gasteiger partial charge is 0.333 e. The van der Waals surface area contributed by atoms with Gasteiger partial charge in [-0.05, 0) is 25.3 Å². The molecule has 2 heterocycles. The maximum Gasteiger partial charge on any atom is 0.122 e. The molecule has 1 aliphatic heterocycles. The SMILES string of the molecule is CC(CCBr)CCN1CCn2ccnc2C1. The van der Waals surface area contributed by atoms with Crippen LogP contribution in [0.1, 0.15) is 25.6 Å². The van der Waals surface area contributed by atoms with E-state index >= 15 is 0 Å². The summed E-state index contributed by atoms with van der Waals surface area (Å²) in [5, 5.41) is 1.12. The van der Waals surface area contributed by atoms with E-state index in [0.29, 0.717) is 0 Å². The van der Waals surface area contributed by atoms with Gasteiger partial charge in [0.25, 0.3) is 0 Å². The Morgan fingerprint density at radius 1 is 1.44 bits per heavy atom. The third kappa shape index (κ3) is 3.08. The van der Waals surface area contributed by atoms with Gasteiger partial charge in [0.05, 0.1) is 6.54 Å². The second kappa shape index (κ2) is 5.82. The summed E-state index contributed by atoms with van der Waals surface area (Å²) >= 11 is 3.51. The third-order valence-corrected chi connectivity index (χ3v) is 3.82. The van der Waals surface area contributed by atoms with Gasteiger partial charge in [-0.2, -0.15) is 0 Å². The Balaban J connectivity index is 1.77. The normalized spacial score (nSPS) is 18.4. The van der Waals surface area contributed by atoms with E-state index in [0.717, 1.165) is 24.3 Å². The molecule has 1 aromatic rings. The maximum absolute atomic E-state index is 4.38. The molecule has 0 radical (unpaired) electrons. The van der Waals surface area contributed by atoms with E-state index in [-0.39, 0.29) is 0 Å². The highest BCUT2D eigenvalue weighted by Gasteiger charge is 2.16. The third-order valence-electron chi connectivity index (χ3n) is 3.36. The summed E-state index contributed by atoms with van der Waals surface area (Å²) in [6, 6.07) is 0. The lowest BCUT2D eigenvalue weighted by Gasteiger charge is -2.28. The minimum atomic E-state index is 0.820. The van der Waals surface area contributed by atoms with Crippen LogP contribution in [0.2, 0.25) is 0 Å². The number of aromatic nitrogens is 2. The summed E-state index contributed by atoms with van der Waals surface area (Å²) in [5.41, 5.74) is 0. The zero-order valence-corrected chi connectivity index (χ0v) is 11.5. The van der Waals surface area contributed by atoms with Crippen LogP contribution >= 0.6 is 15.9 Å². The van der Waals surface area contributed by atoms with Crippen LogP contribution in [-0.2, 0) is 13.1 Å². The average Bonchev–Trinajstić information content (AvgIpc) is 2.74. The van der Waals surface area contributed by atoms with Gasteiger partial charge in [0, 0.05) is 30.8 Å². The zero-order chi connectivity index (χ0) is 11.4. The van der Waals surface area contributed by atoms with Gasteiger partial charge in [0.15, 0.2) is 0 Å². The standard InChI is InChI=1S/C12H20BrN3/c1-11(2-4-13)3-6-15-8-9-16-7-5-14-12(16)10-15/h5,7,11H,2-4,6,8-10H2,1H3. The molecule has 0 saturated carbocycles. The van der Waals surface area contributed by atoms with Gasteiger partial charge in [-0.15, -0.1) is 0 Å². The maximum atomic E-state index is 4.38. The number of hydrogen-bond acceptors (Lipinski definition) is 2. The number of nitrogens with zero attached hydrogens (tertiary/aromatic N) is 3. The molecule has 16 heavy (non-hydrogen) atoms. The molecular formula is C12H20BrN3. The molecule has 2 rings (SSSR count). The Labute approximate surface area is 106 Å². The van der Waals surface area contributed by atoms with Crippen molar-refractivity contribution in [2.24, 2.45) is 5.92 Å². The van der Waals surface area contributed by atoms with Crippen molar-refractivity contribution in [3.63, 3.8) is 0 Å². The topological polar surface area (TPSA) is 21.1 Å². The van der Waals surface area contributed by atoms with Crippen molar-refractivity contribution in [2.45, 2.75) is 32.9 Å². The number of rotatable bonds is 5. The molecule has 0 bridgehead atoms. The lowest BCUT2D eigenvalue weighted by molar-refractivity contribution is 0.203. The number of halogens is 1. The van der Waals surface area contributed by atoms with E-state index < -0.39 is 0 Å². The molecule has 0 saturated heterocycles. The average molecular weight is 286 g/mol. The summed E-state index contributed by atoms with van der Waals surface area (Å²) < 4.78 is 2.26. The first-order valence-electron chi connectivity index (χ1n) is 6.08. The Hall–Kier alpha value is -0.350. The number of alkyl halides is 1. The van der Waals surface area contributed by atoms with Crippen molar-refractivity contribution in [1.82, 2.24) is 14.5 Å². The van der Waals surface area contributed by atoms with Crippen molar-refractivity contribution in [3.05, 3.63) is 18.2 Å². The van der Waals surface area contributed by atoms with Crippen LogP contribution in [0.5, 0.6) is 0 Å². The Bertz CT molecular complexity index is 324. The van der Waals surface area contributed by atoms with Gasteiger partial charge >= 0.3 is 0 Å². The summed E-state index contributed by atoms with van der Waals surface area (Å²) in [4.78, 5) is 6.91. The predicted octanol–water partition coefficient (Wildman–Crippen LogP) is 2.51. The van der Waals surface area contributed by atoms with E-state index in [4.69, 9.17) is 0 Å². The van der Waals surface area contributed by atoms with E-state index in [2.05, 4.69) is 43.5 Å². The van der Waals surface area contributed by atoms with Crippen LogP contribution in [0.3, 0.4) is 0 Å². The molecule has 0 amide bonds. The summed E-state index contributed by atoms with van der Waals surface area (Å²) in [6.07, 6.45) is 6.57. The highest BCUT2D eigenvalue weighted by Crippen LogP contribution is 2.14. The van der Waals surface area contributed by atoms with Crippen molar-refractivity contribution >= 4 is 15.9 Å². The van der Waals surface area contributed by atoms with Crippen LogP contribution in [0.4, 0.5) is 0 Å². The summed E-state index contributed by atoms with van der Waals surface area (Å²) in [7, 11) is 0. The second-order valence-electron chi connectivity index (χ2n) is 4.68. The monoisotopic (exact) mass is 285 g/mol. The molecule has 1 unspecified atom stereocenters. The first-order valence-corrected chi connectivity index (χ1v) is 7.20. The fraction of sp³-hybridized carbons (Fsp3) is 0.750. The van der Waals surface area contributed by atoms with Crippen LogP contribution in [-0.4, -0.2) is 32.9 Å². The van der Waals surface area contributed by atoms with Crippen LogP contribution in [0.25, 0.3) is 0 Å². The molecule has 0 aromatic carbocycles. The number of imidazole rings is 1. The van der Waals surface area contributed by atoms with Crippen molar-refractivity contribution in [3.8, 4) is 0 Å². The smallest absolute Gasteiger partial charge is 0.122 e. The lowest BCUT2D eigenvalue weighted by atomic mass is 10.1. The number of hydrogen-bond donors (Lipinski definition) is 0. The molecule has 0 fully saturated rings. The van der Waals surface area contributed by atoms with Crippen molar-refractivity contribution in [1.29, 1.82) is 0 Å². The Morgan fingerprint density at radius 3 is 3.12 bits per heavy atom. The van der Waals surface area contributed by atoms with E-state index in [1.54, 1.807) is 0 Å². The molecule has 4 heteroatoms. The van der Waals surface area contributed by atoms with Gasteiger partial charge < -0.3 is 4.57 Å². The van der Waals surface area contributed by atoms with Gasteiger partial charge in [0.1, 0.15) is 5.82 Å². The molecule has 90 valence electrons. The molecular weight excluding hydrogens is 266 g/mol.